The monoisotopic (exact) mass is 380 g/mol. The Kier molecular flexibility index (Phi) is 4.79. The second kappa shape index (κ2) is 7.55. The first kappa shape index (κ1) is 17.8. The fourth-order valence-corrected chi connectivity index (χ4v) is 2.83. The van der Waals surface area contributed by atoms with Crippen LogP contribution in [-0.4, -0.2) is 30.6 Å². The zero-order valence-electron chi connectivity index (χ0n) is 15.1. The summed E-state index contributed by atoms with van der Waals surface area (Å²) in [5.74, 6) is 0.675. The molecule has 0 bridgehead atoms. The number of nitrogens with zero attached hydrogens (tertiary/aromatic N) is 5. The number of halogens is 1. The molecule has 0 aliphatic heterocycles. The van der Waals surface area contributed by atoms with E-state index in [1.54, 1.807) is 16.7 Å². The Morgan fingerprint density at radius 2 is 2.14 bits per heavy atom. The number of amides is 1. The Hall–Kier alpha value is -3.62. The quantitative estimate of drug-likeness (QED) is 0.552. The minimum atomic E-state index is -0.466. The number of aromatic nitrogens is 5. The SMILES string of the molecule is CCCc1noc(-c2cccn3c(CNC(=O)c4cccc(F)c4)nnc23)n1. The molecule has 0 aliphatic rings. The predicted octanol–water partition coefficient (Wildman–Crippen LogP) is 2.80. The van der Waals surface area contributed by atoms with Gasteiger partial charge in [-0.25, -0.2) is 4.39 Å². The lowest BCUT2D eigenvalue weighted by Gasteiger charge is -2.05. The summed E-state index contributed by atoms with van der Waals surface area (Å²) in [5.41, 5.74) is 1.44. The van der Waals surface area contributed by atoms with Gasteiger partial charge in [-0.2, -0.15) is 4.98 Å². The molecule has 0 saturated heterocycles. The number of benzene rings is 1. The normalized spacial score (nSPS) is 11.1. The van der Waals surface area contributed by atoms with Crippen molar-refractivity contribution in [1.82, 2.24) is 30.1 Å². The van der Waals surface area contributed by atoms with Crippen LogP contribution in [0.2, 0.25) is 0 Å². The molecule has 28 heavy (non-hydrogen) atoms. The lowest BCUT2D eigenvalue weighted by atomic mass is 10.2. The molecule has 0 unspecified atom stereocenters. The molecular weight excluding hydrogens is 363 g/mol. The van der Waals surface area contributed by atoms with E-state index >= 15 is 0 Å². The van der Waals surface area contributed by atoms with Crippen LogP contribution in [0.5, 0.6) is 0 Å². The van der Waals surface area contributed by atoms with Crippen molar-refractivity contribution in [2.75, 3.05) is 0 Å². The molecule has 1 aromatic carbocycles. The second-order valence-corrected chi connectivity index (χ2v) is 6.19. The zero-order chi connectivity index (χ0) is 19.5. The van der Waals surface area contributed by atoms with Gasteiger partial charge in [-0.3, -0.25) is 9.20 Å². The maximum absolute atomic E-state index is 13.3. The lowest BCUT2D eigenvalue weighted by molar-refractivity contribution is 0.0949. The largest absolute Gasteiger partial charge is 0.345 e. The van der Waals surface area contributed by atoms with E-state index in [4.69, 9.17) is 4.52 Å². The highest BCUT2D eigenvalue weighted by Gasteiger charge is 2.16. The number of hydrogen-bond donors (Lipinski definition) is 1. The van der Waals surface area contributed by atoms with Crippen LogP contribution in [0, 0.1) is 5.82 Å². The average Bonchev–Trinajstić information content (AvgIpc) is 3.33. The van der Waals surface area contributed by atoms with Crippen LogP contribution in [0.4, 0.5) is 4.39 Å². The van der Waals surface area contributed by atoms with Gasteiger partial charge in [-0.05, 0) is 36.8 Å². The number of nitrogens with one attached hydrogen (secondary N) is 1. The van der Waals surface area contributed by atoms with Gasteiger partial charge in [0, 0.05) is 18.2 Å². The molecule has 1 amide bonds. The minimum absolute atomic E-state index is 0.130. The van der Waals surface area contributed by atoms with E-state index in [-0.39, 0.29) is 12.1 Å². The number of aryl methyl sites for hydroxylation is 1. The third-order valence-electron chi connectivity index (χ3n) is 4.17. The summed E-state index contributed by atoms with van der Waals surface area (Å²) >= 11 is 0. The van der Waals surface area contributed by atoms with Gasteiger partial charge in [0.2, 0.25) is 0 Å². The number of pyridine rings is 1. The van der Waals surface area contributed by atoms with E-state index in [2.05, 4.69) is 25.7 Å². The third-order valence-corrected chi connectivity index (χ3v) is 4.17. The highest BCUT2D eigenvalue weighted by Crippen LogP contribution is 2.22. The van der Waals surface area contributed by atoms with Gasteiger partial charge >= 0.3 is 0 Å². The fraction of sp³-hybridized carbons (Fsp3) is 0.211. The number of carbonyl (C=O) groups is 1. The molecule has 9 heteroatoms. The average molecular weight is 380 g/mol. The second-order valence-electron chi connectivity index (χ2n) is 6.19. The summed E-state index contributed by atoms with van der Waals surface area (Å²) in [4.78, 5) is 16.6. The van der Waals surface area contributed by atoms with Gasteiger partial charge < -0.3 is 9.84 Å². The smallest absolute Gasteiger partial charge is 0.261 e. The maximum Gasteiger partial charge on any atom is 0.261 e. The van der Waals surface area contributed by atoms with Crippen molar-refractivity contribution in [3.8, 4) is 11.5 Å². The van der Waals surface area contributed by atoms with Crippen molar-refractivity contribution in [1.29, 1.82) is 0 Å². The van der Waals surface area contributed by atoms with Crippen molar-refractivity contribution in [3.63, 3.8) is 0 Å². The first-order valence-corrected chi connectivity index (χ1v) is 8.85. The first-order chi connectivity index (χ1) is 13.7. The molecule has 0 aliphatic carbocycles. The number of rotatable bonds is 6. The molecular formula is C19H17FN6O2. The molecule has 1 N–H and O–H groups in total. The highest BCUT2D eigenvalue weighted by molar-refractivity contribution is 5.94. The summed E-state index contributed by atoms with van der Waals surface area (Å²) in [5, 5.41) is 15.0. The zero-order valence-corrected chi connectivity index (χ0v) is 15.1. The molecule has 3 aromatic heterocycles. The van der Waals surface area contributed by atoms with E-state index < -0.39 is 11.7 Å². The van der Waals surface area contributed by atoms with Crippen molar-refractivity contribution >= 4 is 11.6 Å². The van der Waals surface area contributed by atoms with Crippen LogP contribution in [0.25, 0.3) is 17.1 Å². The third kappa shape index (κ3) is 3.46. The van der Waals surface area contributed by atoms with E-state index in [0.29, 0.717) is 28.8 Å². The van der Waals surface area contributed by atoms with E-state index in [1.165, 1.54) is 18.2 Å². The van der Waals surface area contributed by atoms with Crippen molar-refractivity contribution < 1.29 is 13.7 Å². The minimum Gasteiger partial charge on any atom is -0.345 e. The topological polar surface area (TPSA) is 98.2 Å². The summed E-state index contributed by atoms with van der Waals surface area (Å²) < 4.78 is 20.4. The van der Waals surface area contributed by atoms with Gasteiger partial charge in [-0.1, -0.05) is 18.1 Å². The van der Waals surface area contributed by atoms with E-state index in [9.17, 15) is 9.18 Å². The van der Waals surface area contributed by atoms with Gasteiger partial charge in [-0.15, -0.1) is 10.2 Å². The summed E-state index contributed by atoms with van der Waals surface area (Å²) in [6.07, 6.45) is 3.44. The molecule has 0 saturated carbocycles. The number of hydrogen-bond acceptors (Lipinski definition) is 6. The van der Waals surface area contributed by atoms with Gasteiger partial charge in [0.1, 0.15) is 5.82 Å². The van der Waals surface area contributed by atoms with Crippen LogP contribution in [0.3, 0.4) is 0 Å². The van der Waals surface area contributed by atoms with Crippen LogP contribution in [0.15, 0.2) is 47.1 Å². The van der Waals surface area contributed by atoms with Crippen LogP contribution in [0.1, 0.15) is 35.4 Å². The number of fused-ring (bicyclic) bond motifs is 1. The van der Waals surface area contributed by atoms with Crippen LogP contribution >= 0.6 is 0 Å². The molecule has 142 valence electrons. The summed E-state index contributed by atoms with van der Waals surface area (Å²) in [7, 11) is 0. The van der Waals surface area contributed by atoms with Crippen LogP contribution < -0.4 is 5.32 Å². The Balaban J connectivity index is 1.57. The molecule has 0 spiro atoms. The van der Waals surface area contributed by atoms with E-state index in [0.717, 1.165) is 12.8 Å². The highest BCUT2D eigenvalue weighted by atomic mass is 19.1. The molecule has 4 rings (SSSR count). The maximum atomic E-state index is 13.3. The molecule has 8 nitrogen and oxygen atoms in total. The van der Waals surface area contributed by atoms with Crippen molar-refractivity contribution in [2.24, 2.45) is 0 Å². The van der Waals surface area contributed by atoms with Crippen molar-refractivity contribution in [3.05, 3.63) is 65.6 Å². The molecule has 3 heterocycles. The molecule has 0 fully saturated rings. The molecule has 0 atom stereocenters. The van der Waals surface area contributed by atoms with E-state index in [1.807, 2.05) is 19.1 Å². The van der Waals surface area contributed by atoms with Crippen molar-refractivity contribution in [2.45, 2.75) is 26.3 Å². The Labute approximate surface area is 159 Å². The Bertz CT molecular complexity index is 1140. The van der Waals surface area contributed by atoms with Crippen LogP contribution in [-0.2, 0) is 13.0 Å². The Morgan fingerprint density at radius 3 is 2.96 bits per heavy atom. The Morgan fingerprint density at radius 1 is 1.25 bits per heavy atom. The van der Waals surface area contributed by atoms with Gasteiger partial charge in [0.05, 0.1) is 12.1 Å². The fourth-order valence-electron chi connectivity index (χ4n) is 2.83. The van der Waals surface area contributed by atoms with Gasteiger partial charge in [0.15, 0.2) is 17.3 Å². The standard InChI is InChI=1S/C19H17FN6O2/c1-2-5-15-22-19(28-25-15)14-8-4-9-26-16(23-24-17(14)26)11-21-18(27)12-6-3-7-13(20)10-12/h3-4,6-10H,2,5,11H2,1H3,(H,21,27). The molecule has 0 radical (unpaired) electrons. The summed E-state index contributed by atoms with van der Waals surface area (Å²) in [6, 6.07) is 9.13. The van der Waals surface area contributed by atoms with Gasteiger partial charge in [0.25, 0.3) is 11.8 Å². The number of carbonyl (C=O) groups excluding carboxylic acids is 1. The summed E-state index contributed by atoms with van der Waals surface area (Å²) in [6.45, 7) is 2.17. The lowest BCUT2D eigenvalue weighted by Crippen LogP contribution is -2.24. The molecule has 4 aromatic rings. The predicted molar refractivity (Wildman–Crippen MR) is 97.8 cm³/mol. The first-order valence-electron chi connectivity index (χ1n) is 8.85.